The van der Waals surface area contributed by atoms with Crippen LogP contribution in [0.15, 0.2) is 28.6 Å². The summed E-state index contributed by atoms with van der Waals surface area (Å²) >= 11 is 1.62. The van der Waals surface area contributed by atoms with Crippen molar-refractivity contribution in [2.45, 2.75) is 26.6 Å². The first-order valence-electron chi connectivity index (χ1n) is 7.24. The molecule has 1 aromatic heterocycles. The van der Waals surface area contributed by atoms with Crippen molar-refractivity contribution in [3.8, 4) is 0 Å². The predicted octanol–water partition coefficient (Wildman–Crippen LogP) is 2.29. The fraction of sp³-hybridized carbons (Fsp3) is 0.375. The van der Waals surface area contributed by atoms with Gasteiger partial charge >= 0.3 is 0 Å². The molecule has 23 heavy (non-hydrogen) atoms. The van der Waals surface area contributed by atoms with Crippen LogP contribution in [0, 0.1) is 12.7 Å². The SMILES string of the molecule is CN=C(NCc1ccc(F)c(CO)c1)N(C)Cc1csc(C)n1. The lowest BCUT2D eigenvalue weighted by molar-refractivity contribution is 0.275. The van der Waals surface area contributed by atoms with E-state index in [1.165, 1.54) is 6.07 Å². The van der Waals surface area contributed by atoms with E-state index >= 15 is 0 Å². The first-order valence-corrected chi connectivity index (χ1v) is 8.12. The molecule has 0 aliphatic rings. The maximum Gasteiger partial charge on any atom is 0.194 e. The number of guanidine groups is 1. The summed E-state index contributed by atoms with van der Waals surface area (Å²) < 4.78 is 13.4. The van der Waals surface area contributed by atoms with E-state index in [9.17, 15) is 4.39 Å². The molecule has 124 valence electrons. The molecule has 5 nitrogen and oxygen atoms in total. The van der Waals surface area contributed by atoms with Gasteiger partial charge in [-0.05, 0) is 24.6 Å². The number of nitrogens with one attached hydrogen (secondary N) is 1. The van der Waals surface area contributed by atoms with Crippen LogP contribution in [0.4, 0.5) is 4.39 Å². The first kappa shape index (κ1) is 17.4. The maximum atomic E-state index is 13.4. The Bertz CT molecular complexity index is 686. The zero-order valence-electron chi connectivity index (χ0n) is 13.5. The number of aryl methyl sites for hydroxylation is 1. The van der Waals surface area contributed by atoms with Crippen LogP contribution in [0.3, 0.4) is 0 Å². The van der Waals surface area contributed by atoms with Crippen molar-refractivity contribution in [3.63, 3.8) is 0 Å². The van der Waals surface area contributed by atoms with E-state index in [-0.39, 0.29) is 6.61 Å². The number of aliphatic hydroxyl groups excluding tert-OH is 1. The molecule has 0 saturated heterocycles. The summed E-state index contributed by atoms with van der Waals surface area (Å²) in [6.07, 6.45) is 0. The highest BCUT2D eigenvalue weighted by atomic mass is 32.1. The summed E-state index contributed by atoms with van der Waals surface area (Å²) in [7, 11) is 3.66. The number of benzene rings is 1. The molecule has 2 aromatic rings. The monoisotopic (exact) mass is 336 g/mol. The average molecular weight is 336 g/mol. The third-order valence-electron chi connectivity index (χ3n) is 3.37. The quantitative estimate of drug-likeness (QED) is 0.650. The molecular weight excluding hydrogens is 315 g/mol. The molecule has 0 unspecified atom stereocenters. The second-order valence-corrected chi connectivity index (χ2v) is 6.26. The van der Waals surface area contributed by atoms with Crippen molar-refractivity contribution in [1.82, 2.24) is 15.2 Å². The molecule has 0 aliphatic heterocycles. The molecule has 7 heteroatoms. The number of hydrogen-bond acceptors (Lipinski definition) is 4. The Labute approximate surface area is 139 Å². The van der Waals surface area contributed by atoms with E-state index < -0.39 is 5.82 Å². The molecule has 2 rings (SSSR count). The molecule has 1 aromatic carbocycles. The number of aromatic nitrogens is 1. The van der Waals surface area contributed by atoms with Crippen molar-refractivity contribution in [2.75, 3.05) is 14.1 Å². The molecule has 2 N–H and O–H groups in total. The second kappa shape index (κ2) is 8.03. The summed E-state index contributed by atoms with van der Waals surface area (Å²) in [5, 5.41) is 15.4. The van der Waals surface area contributed by atoms with Crippen LogP contribution < -0.4 is 5.32 Å². The molecule has 0 aliphatic carbocycles. The molecule has 0 radical (unpaired) electrons. The summed E-state index contributed by atoms with van der Waals surface area (Å²) in [4.78, 5) is 10.7. The Morgan fingerprint density at radius 1 is 1.48 bits per heavy atom. The van der Waals surface area contributed by atoms with Crippen molar-refractivity contribution in [3.05, 3.63) is 51.2 Å². The maximum absolute atomic E-state index is 13.4. The van der Waals surface area contributed by atoms with Gasteiger partial charge in [-0.2, -0.15) is 0 Å². The van der Waals surface area contributed by atoms with Crippen LogP contribution >= 0.6 is 11.3 Å². The second-order valence-electron chi connectivity index (χ2n) is 5.20. The number of rotatable bonds is 5. The van der Waals surface area contributed by atoms with Gasteiger partial charge in [0.2, 0.25) is 0 Å². The molecular formula is C16H21FN4OS. The molecule has 0 saturated carbocycles. The van der Waals surface area contributed by atoms with E-state index in [1.54, 1.807) is 30.5 Å². The van der Waals surface area contributed by atoms with E-state index in [0.717, 1.165) is 22.2 Å². The van der Waals surface area contributed by atoms with Gasteiger partial charge in [0.1, 0.15) is 5.82 Å². The van der Waals surface area contributed by atoms with Gasteiger partial charge in [0, 0.05) is 31.6 Å². The number of aliphatic imine (C=N–C) groups is 1. The van der Waals surface area contributed by atoms with E-state index in [2.05, 4.69) is 15.3 Å². The van der Waals surface area contributed by atoms with Crippen LogP contribution in [-0.2, 0) is 19.7 Å². The zero-order chi connectivity index (χ0) is 16.8. The van der Waals surface area contributed by atoms with E-state index in [0.29, 0.717) is 18.7 Å². The molecule has 0 amide bonds. The Hall–Kier alpha value is -1.99. The summed E-state index contributed by atoms with van der Waals surface area (Å²) in [6.45, 7) is 2.84. The van der Waals surface area contributed by atoms with Gasteiger partial charge in [-0.15, -0.1) is 11.3 Å². The topological polar surface area (TPSA) is 60.8 Å². The third kappa shape index (κ3) is 4.74. The molecule has 1 heterocycles. The summed E-state index contributed by atoms with van der Waals surface area (Å²) in [5.74, 6) is 0.335. The fourth-order valence-electron chi connectivity index (χ4n) is 2.22. The van der Waals surface area contributed by atoms with Crippen molar-refractivity contribution < 1.29 is 9.50 Å². The Balaban J connectivity index is 1.97. The Morgan fingerprint density at radius 2 is 2.26 bits per heavy atom. The van der Waals surface area contributed by atoms with Crippen LogP contribution in [0.25, 0.3) is 0 Å². The average Bonchev–Trinajstić information content (AvgIpc) is 2.94. The molecule has 0 spiro atoms. The first-order chi connectivity index (χ1) is 11.0. The lowest BCUT2D eigenvalue weighted by Gasteiger charge is -2.21. The van der Waals surface area contributed by atoms with Gasteiger partial charge in [-0.3, -0.25) is 4.99 Å². The third-order valence-corrected chi connectivity index (χ3v) is 4.19. The van der Waals surface area contributed by atoms with Crippen molar-refractivity contribution in [2.24, 2.45) is 4.99 Å². The van der Waals surface area contributed by atoms with Crippen molar-refractivity contribution in [1.29, 1.82) is 0 Å². The van der Waals surface area contributed by atoms with E-state index in [4.69, 9.17) is 5.11 Å². The van der Waals surface area contributed by atoms with Crippen LogP contribution in [0.1, 0.15) is 21.8 Å². The normalized spacial score (nSPS) is 11.6. The van der Waals surface area contributed by atoms with Gasteiger partial charge in [0.15, 0.2) is 5.96 Å². The number of halogens is 1. The fourth-order valence-corrected chi connectivity index (χ4v) is 2.83. The van der Waals surface area contributed by atoms with Crippen LogP contribution in [-0.4, -0.2) is 35.0 Å². The number of nitrogens with zero attached hydrogens (tertiary/aromatic N) is 3. The lowest BCUT2D eigenvalue weighted by atomic mass is 10.1. The Kier molecular flexibility index (Phi) is 6.06. The largest absolute Gasteiger partial charge is 0.392 e. The molecule has 0 bridgehead atoms. The van der Waals surface area contributed by atoms with Gasteiger partial charge in [0.25, 0.3) is 0 Å². The van der Waals surface area contributed by atoms with Gasteiger partial charge < -0.3 is 15.3 Å². The smallest absolute Gasteiger partial charge is 0.194 e. The summed E-state index contributed by atoms with van der Waals surface area (Å²) in [5.41, 5.74) is 2.18. The van der Waals surface area contributed by atoms with Crippen LogP contribution in [0.2, 0.25) is 0 Å². The van der Waals surface area contributed by atoms with Gasteiger partial charge in [-0.1, -0.05) is 6.07 Å². The number of thiazole rings is 1. The lowest BCUT2D eigenvalue weighted by Crippen LogP contribution is -2.38. The van der Waals surface area contributed by atoms with Crippen LogP contribution in [0.5, 0.6) is 0 Å². The highest BCUT2D eigenvalue weighted by Gasteiger charge is 2.09. The highest BCUT2D eigenvalue weighted by Crippen LogP contribution is 2.12. The number of hydrogen-bond donors (Lipinski definition) is 2. The van der Waals surface area contributed by atoms with Gasteiger partial charge in [0.05, 0.1) is 23.9 Å². The minimum absolute atomic E-state index is 0.297. The van der Waals surface area contributed by atoms with E-state index in [1.807, 2.05) is 24.3 Å². The molecule has 0 atom stereocenters. The minimum atomic E-state index is -0.392. The van der Waals surface area contributed by atoms with Crippen molar-refractivity contribution >= 4 is 17.3 Å². The molecule has 0 fully saturated rings. The predicted molar refractivity (Wildman–Crippen MR) is 90.8 cm³/mol. The minimum Gasteiger partial charge on any atom is -0.392 e. The zero-order valence-corrected chi connectivity index (χ0v) is 14.3. The number of aliphatic hydroxyl groups is 1. The summed E-state index contributed by atoms with van der Waals surface area (Å²) in [6, 6.07) is 4.71. The standard InChI is InChI=1S/C16H21FN4OS/c1-11-20-14(10-23-11)8-21(3)16(18-2)19-7-12-4-5-15(17)13(6-12)9-22/h4-6,10,22H,7-9H2,1-3H3,(H,18,19). The van der Waals surface area contributed by atoms with Gasteiger partial charge in [-0.25, -0.2) is 9.37 Å². The highest BCUT2D eigenvalue weighted by molar-refractivity contribution is 7.09. The Morgan fingerprint density at radius 3 is 2.87 bits per heavy atom.